The van der Waals surface area contributed by atoms with Crippen LogP contribution in [0, 0.1) is 6.92 Å². The van der Waals surface area contributed by atoms with Crippen molar-refractivity contribution in [3.63, 3.8) is 0 Å². The van der Waals surface area contributed by atoms with Crippen LogP contribution in [-0.2, 0) is 10.0 Å². The lowest BCUT2D eigenvalue weighted by molar-refractivity contribution is 0.362. The van der Waals surface area contributed by atoms with Crippen LogP contribution in [0.5, 0.6) is 0 Å². The third kappa shape index (κ3) is 4.80. The molecule has 0 bridgehead atoms. The fourth-order valence-electron chi connectivity index (χ4n) is 4.25. The number of halogens is 1. The number of fused-ring (bicyclic) bond motifs is 1. The summed E-state index contributed by atoms with van der Waals surface area (Å²) in [5.41, 5.74) is 3.49. The number of hydrogen-bond acceptors (Lipinski definition) is 4. The molecule has 1 saturated carbocycles. The molecule has 0 aliphatic heterocycles. The molecular formula is C24H31ClN4O2S. The molecule has 4 rings (SSSR count). The Morgan fingerprint density at radius 1 is 1.16 bits per heavy atom. The Balaban J connectivity index is 1.80. The van der Waals surface area contributed by atoms with Gasteiger partial charge in [-0.15, -0.1) is 0 Å². The van der Waals surface area contributed by atoms with Gasteiger partial charge in [-0.1, -0.05) is 43.9 Å². The molecule has 1 aliphatic rings. The standard InChI is InChI=1S/C24H31ClN4O2S/c1-4-17(3)28-32(30,31)20-12-13-22-23(15-20)29(19-8-6-5-7-9-19)24(27-22)26-18-11-10-16(2)21(25)14-18/h10-15,17,19,28H,4-9H2,1-3H3,(H,26,27). The second-order valence-electron chi connectivity index (χ2n) is 8.77. The molecule has 0 spiro atoms. The summed E-state index contributed by atoms with van der Waals surface area (Å²) in [4.78, 5) is 5.10. The van der Waals surface area contributed by atoms with E-state index in [0.717, 1.165) is 60.3 Å². The van der Waals surface area contributed by atoms with E-state index in [9.17, 15) is 8.42 Å². The van der Waals surface area contributed by atoms with E-state index in [0.29, 0.717) is 5.02 Å². The van der Waals surface area contributed by atoms with Gasteiger partial charge in [0.25, 0.3) is 0 Å². The largest absolute Gasteiger partial charge is 0.326 e. The molecule has 1 fully saturated rings. The zero-order valence-electron chi connectivity index (χ0n) is 18.9. The first-order valence-electron chi connectivity index (χ1n) is 11.4. The highest BCUT2D eigenvalue weighted by Gasteiger charge is 2.24. The van der Waals surface area contributed by atoms with Crippen molar-refractivity contribution in [2.45, 2.75) is 76.3 Å². The Hall–Kier alpha value is -2.09. The number of nitrogens with zero attached hydrogens (tertiary/aromatic N) is 2. The van der Waals surface area contributed by atoms with Crippen LogP contribution in [0.2, 0.25) is 5.02 Å². The fourth-order valence-corrected chi connectivity index (χ4v) is 5.78. The third-order valence-corrected chi connectivity index (χ3v) is 8.30. The molecule has 3 aromatic rings. The van der Waals surface area contributed by atoms with Gasteiger partial charge in [0, 0.05) is 22.8 Å². The summed E-state index contributed by atoms with van der Waals surface area (Å²) < 4.78 is 30.8. The first-order chi connectivity index (χ1) is 15.3. The SMILES string of the molecule is CCC(C)NS(=O)(=O)c1ccc2nc(Nc3ccc(C)c(Cl)c3)n(C3CCCCC3)c2c1. The predicted molar refractivity (Wildman–Crippen MR) is 131 cm³/mol. The number of imidazole rings is 1. The second kappa shape index (κ2) is 9.41. The lowest BCUT2D eigenvalue weighted by atomic mass is 9.95. The van der Waals surface area contributed by atoms with Crippen molar-refractivity contribution in [2.75, 3.05) is 5.32 Å². The van der Waals surface area contributed by atoms with Gasteiger partial charge in [-0.2, -0.15) is 0 Å². The maximum atomic E-state index is 12.9. The van der Waals surface area contributed by atoms with E-state index in [1.54, 1.807) is 18.2 Å². The van der Waals surface area contributed by atoms with E-state index in [1.165, 1.54) is 6.42 Å². The molecule has 2 aromatic carbocycles. The van der Waals surface area contributed by atoms with Crippen molar-refractivity contribution in [3.05, 3.63) is 47.0 Å². The molecule has 0 amide bonds. The summed E-state index contributed by atoms with van der Waals surface area (Å²) in [6, 6.07) is 11.2. The molecule has 2 N–H and O–H groups in total. The average Bonchev–Trinajstić information content (AvgIpc) is 3.13. The van der Waals surface area contributed by atoms with E-state index in [4.69, 9.17) is 16.6 Å². The minimum Gasteiger partial charge on any atom is -0.326 e. The van der Waals surface area contributed by atoms with E-state index >= 15 is 0 Å². The van der Waals surface area contributed by atoms with Crippen LogP contribution >= 0.6 is 11.6 Å². The molecule has 172 valence electrons. The number of hydrogen-bond donors (Lipinski definition) is 2. The van der Waals surface area contributed by atoms with Crippen molar-refractivity contribution >= 4 is 44.3 Å². The molecule has 32 heavy (non-hydrogen) atoms. The topological polar surface area (TPSA) is 76.0 Å². The number of aromatic nitrogens is 2. The summed E-state index contributed by atoms with van der Waals surface area (Å²) in [7, 11) is -3.60. The summed E-state index contributed by atoms with van der Waals surface area (Å²) in [5, 5.41) is 4.12. The number of rotatable bonds is 7. The van der Waals surface area contributed by atoms with Gasteiger partial charge in [-0.05, 0) is 69.0 Å². The van der Waals surface area contributed by atoms with Crippen LogP contribution < -0.4 is 10.0 Å². The number of benzene rings is 2. The van der Waals surface area contributed by atoms with Gasteiger partial charge < -0.3 is 9.88 Å². The van der Waals surface area contributed by atoms with Gasteiger partial charge in [0.15, 0.2) is 0 Å². The molecule has 1 heterocycles. The highest BCUT2D eigenvalue weighted by Crippen LogP contribution is 2.36. The molecule has 1 aliphatic carbocycles. The second-order valence-corrected chi connectivity index (χ2v) is 10.9. The molecule has 8 heteroatoms. The molecule has 1 aromatic heterocycles. The minimum absolute atomic E-state index is 0.123. The predicted octanol–water partition coefficient (Wildman–Crippen LogP) is 6.32. The maximum Gasteiger partial charge on any atom is 0.240 e. The Morgan fingerprint density at radius 3 is 2.59 bits per heavy atom. The van der Waals surface area contributed by atoms with Crippen LogP contribution in [0.25, 0.3) is 11.0 Å². The maximum absolute atomic E-state index is 12.9. The number of aryl methyl sites for hydroxylation is 1. The molecule has 0 saturated heterocycles. The Morgan fingerprint density at radius 2 is 1.91 bits per heavy atom. The van der Waals surface area contributed by atoms with Crippen molar-refractivity contribution in [2.24, 2.45) is 0 Å². The summed E-state index contributed by atoms with van der Waals surface area (Å²) in [6.45, 7) is 5.81. The first-order valence-corrected chi connectivity index (χ1v) is 13.2. The van der Waals surface area contributed by atoms with Crippen LogP contribution in [-0.4, -0.2) is 24.0 Å². The Labute approximate surface area is 195 Å². The van der Waals surface area contributed by atoms with Gasteiger partial charge in [0.05, 0.1) is 15.9 Å². The van der Waals surface area contributed by atoms with Crippen LogP contribution in [0.3, 0.4) is 0 Å². The van der Waals surface area contributed by atoms with E-state index in [2.05, 4.69) is 14.6 Å². The van der Waals surface area contributed by atoms with Crippen molar-refractivity contribution in [3.8, 4) is 0 Å². The smallest absolute Gasteiger partial charge is 0.240 e. The zero-order chi connectivity index (χ0) is 22.9. The normalized spacial score (nSPS) is 16.4. The molecule has 1 atom stereocenters. The first kappa shape index (κ1) is 23.1. The summed E-state index contributed by atoms with van der Waals surface area (Å²) >= 11 is 6.33. The molecule has 0 radical (unpaired) electrons. The van der Waals surface area contributed by atoms with E-state index in [-0.39, 0.29) is 17.0 Å². The highest BCUT2D eigenvalue weighted by atomic mass is 35.5. The lowest BCUT2D eigenvalue weighted by Crippen LogP contribution is -2.32. The van der Waals surface area contributed by atoms with Crippen LogP contribution in [0.1, 0.15) is 64.0 Å². The Bertz CT molecular complexity index is 1220. The van der Waals surface area contributed by atoms with Gasteiger partial charge in [0.1, 0.15) is 0 Å². The lowest BCUT2D eigenvalue weighted by Gasteiger charge is -2.26. The Kier molecular flexibility index (Phi) is 6.79. The third-order valence-electron chi connectivity index (χ3n) is 6.31. The number of sulfonamides is 1. The van der Waals surface area contributed by atoms with Crippen molar-refractivity contribution in [1.82, 2.24) is 14.3 Å². The fraction of sp³-hybridized carbons (Fsp3) is 0.458. The average molecular weight is 475 g/mol. The summed E-state index contributed by atoms with van der Waals surface area (Å²) in [6.07, 6.45) is 6.39. The zero-order valence-corrected chi connectivity index (χ0v) is 20.4. The summed E-state index contributed by atoms with van der Waals surface area (Å²) in [5.74, 6) is 0.719. The van der Waals surface area contributed by atoms with Gasteiger partial charge in [-0.25, -0.2) is 18.1 Å². The molecule has 6 nitrogen and oxygen atoms in total. The van der Waals surface area contributed by atoms with E-state index < -0.39 is 10.0 Å². The van der Waals surface area contributed by atoms with Crippen molar-refractivity contribution in [1.29, 1.82) is 0 Å². The van der Waals surface area contributed by atoms with Crippen LogP contribution in [0.15, 0.2) is 41.3 Å². The minimum atomic E-state index is -3.60. The van der Waals surface area contributed by atoms with Gasteiger partial charge >= 0.3 is 0 Å². The number of anilines is 2. The molecular weight excluding hydrogens is 444 g/mol. The monoisotopic (exact) mass is 474 g/mol. The number of nitrogens with one attached hydrogen (secondary N) is 2. The highest BCUT2D eigenvalue weighted by molar-refractivity contribution is 7.89. The molecule has 1 unspecified atom stereocenters. The quantitative estimate of drug-likeness (QED) is 0.419. The van der Waals surface area contributed by atoms with Crippen molar-refractivity contribution < 1.29 is 8.42 Å². The van der Waals surface area contributed by atoms with Gasteiger partial charge in [0.2, 0.25) is 16.0 Å². The van der Waals surface area contributed by atoms with E-state index in [1.807, 2.05) is 39.0 Å². The van der Waals surface area contributed by atoms with Crippen LogP contribution in [0.4, 0.5) is 11.6 Å². The van der Waals surface area contributed by atoms with Gasteiger partial charge in [-0.3, -0.25) is 0 Å².